The molecular weight excluding hydrogens is 312 g/mol. The molecule has 0 spiro atoms. The molecular formula is C21H26N2O2. The van der Waals surface area contributed by atoms with E-state index in [0.29, 0.717) is 30.2 Å². The molecule has 4 aliphatic carbocycles. The van der Waals surface area contributed by atoms with Crippen LogP contribution in [-0.4, -0.2) is 18.1 Å². The van der Waals surface area contributed by atoms with Crippen LogP contribution < -0.4 is 10.9 Å². The van der Waals surface area contributed by atoms with Crippen LogP contribution in [0.1, 0.15) is 45.4 Å². The molecule has 0 aromatic heterocycles. The molecule has 0 amide bonds. The van der Waals surface area contributed by atoms with E-state index in [1.165, 1.54) is 30.4 Å². The predicted molar refractivity (Wildman–Crippen MR) is 96.1 cm³/mol. The Morgan fingerprint density at radius 1 is 1.16 bits per heavy atom. The van der Waals surface area contributed by atoms with Crippen molar-refractivity contribution in [3.8, 4) is 0 Å². The number of nitrogens with one attached hydrogen (secondary N) is 2. The topological polar surface area (TPSA) is 50.4 Å². The van der Waals surface area contributed by atoms with E-state index in [2.05, 4.69) is 35.3 Å². The third-order valence-corrected chi connectivity index (χ3v) is 6.78. The number of allylic oxidation sites excluding steroid dienone is 4. The number of hydrazine groups is 1. The maximum atomic E-state index is 11.7. The van der Waals surface area contributed by atoms with Crippen LogP contribution in [0.4, 0.5) is 0 Å². The molecule has 5 atom stereocenters. The van der Waals surface area contributed by atoms with Crippen molar-refractivity contribution in [2.24, 2.45) is 17.8 Å². The van der Waals surface area contributed by atoms with Gasteiger partial charge in [-0.25, -0.2) is 5.43 Å². The molecule has 0 bridgehead atoms. The number of esters is 1. The summed E-state index contributed by atoms with van der Waals surface area (Å²) in [5, 5.41) is 0. The quantitative estimate of drug-likeness (QED) is 0.759. The van der Waals surface area contributed by atoms with Crippen molar-refractivity contribution in [2.45, 2.75) is 57.6 Å². The number of carbonyl (C=O) groups is 1. The average molecular weight is 338 g/mol. The molecule has 0 saturated heterocycles. The summed E-state index contributed by atoms with van der Waals surface area (Å²) in [5.74, 6) is 1.80. The van der Waals surface area contributed by atoms with E-state index in [0.717, 1.165) is 12.8 Å². The van der Waals surface area contributed by atoms with E-state index in [9.17, 15) is 4.79 Å². The van der Waals surface area contributed by atoms with Crippen molar-refractivity contribution in [3.63, 3.8) is 0 Å². The summed E-state index contributed by atoms with van der Waals surface area (Å²) in [7, 11) is 0. The number of carbonyl (C=O) groups excluding carboxylic acids is 1. The van der Waals surface area contributed by atoms with Crippen molar-refractivity contribution in [3.05, 3.63) is 46.7 Å². The molecule has 5 aliphatic rings. The van der Waals surface area contributed by atoms with Gasteiger partial charge in [-0.1, -0.05) is 25.2 Å². The van der Waals surface area contributed by atoms with Crippen LogP contribution in [0.2, 0.25) is 0 Å². The van der Waals surface area contributed by atoms with Crippen molar-refractivity contribution < 1.29 is 9.53 Å². The van der Waals surface area contributed by atoms with Crippen LogP contribution in [0.15, 0.2) is 46.7 Å². The molecule has 0 aromatic rings. The minimum absolute atomic E-state index is 0.0172. The minimum atomic E-state index is -0.0702. The van der Waals surface area contributed by atoms with Gasteiger partial charge >= 0.3 is 5.97 Å². The van der Waals surface area contributed by atoms with Gasteiger partial charge in [0, 0.05) is 12.6 Å². The first-order chi connectivity index (χ1) is 12.2. The van der Waals surface area contributed by atoms with Crippen molar-refractivity contribution in [2.75, 3.05) is 0 Å². The zero-order chi connectivity index (χ0) is 17.0. The van der Waals surface area contributed by atoms with Crippen molar-refractivity contribution in [1.82, 2.24) is 10.9 Å². The molecule has 132 valence electrons. The smallest absolute Gasteiger partial charge is 0.306 e. The van der Waals surface area contributed by atoms with Gasteiger partial charge in [-0.15, -0.1) is 0 Å². The summed E-state index contributed by atoms with van der Waals surface area (Å²) >= 11 is 0. The van der Waals surface area contributed by atoms with E-state index in [1.54, 1.807) is 11.1 Å². The number of ether oxygens (including phenoxy) is 1. The summed E-state index contributed by atoms with van der Waals surface area (Å²) in [5.41, 5.74) is 12.4. The molecule has 5 unspecified atom stereocenters. The first-order valence-corrected chi connectivity index (χ1v) is 9.78. The fourth-order valence-electron chi connectivity index (χ4n) is 5.56. The molecule has 25 heavy (non-hydrogen) atoms. The van der Waals surface area contributed by atoms with E-state index in [4.69, 9.17) is 4.74 Å². The van der Waals surface area contributed by atoms with Crippen molar-refractivity contribution in [1.29, 1.82) is 0 Å². The fraction of sp³-hybridized carbons (Fsp3) is 0.571. The molecule has 0 aromatic carbocycles. The summed E-state index contributed by atoms with van der Waals surface area (Å²) in [6.45, 7) is 1.87. The van der Waals surface area contributed by atoms with E-state index in [1.807, 2.05) is 6.92 Å². The highest BCUT2D eigenvalue weighted by Crippen LogP contribution is 2.53. The van der Waals surface area contributed by atoms with Crippen LogP contribution in [0, 0.1) is 17.8 Å². The summed E-state index contributed by atoms with van der Waals surface area (Å²) in [6.07, 6.45) is 15.5. The van der Waals surface area contributed by atoms with Crippen LogP contribution in [-0.2, 0) is 9.53 Å². The molecule has 5 rings (SSSR count). The van der Waals surface area contributed by atoms with Crippen molar-refractivity contribution >= 4 is 5.97 Å². The van der Waals surface area contributed by atoms with Gasteiger partial charge < -0.3 is 10.2 Å². The summed E-state index contributed by atoms with van der Waals surface area (Å²) < 4.78 is 5.70. The number of hydrogen-bond acceptors (Lipinski definition) is 4. The first kappa shape index (κ1) is 15.4. The molecule has 0 radical (unpaired) electrons. The predicted octanol–water partition coefficient (Wildman–Crippen LogP) is 3.30. The fourth-order valence-corrected chi connectivity index (χ4v) is 5.56. The highest BCUT2D eigenvalue weighted by Gasteiger charge is 2.45. The lowest BCUT2D eigenvalue weighted by molar-refractivity contribution is -0.146. The standard InChI is InChI=1S/C21H26N2O2/c1-2-21(24)25-20-8-7-15-14-4-3-12-10-19-13(11-22-23-19)9-18(12)16(14)5-6-17(15)20/h5-6,9,11-12,14-15,19-20,22-23H,2-4,7-8,10H2,1H3. The number of rotatable bonds is 2. The molecule has 2 N–H and O–H groups in total. The van der Waals surface area contributed by atoms with Gasteiger partial charge in [0.2, 0.25) is 0 Å². The van der Waals surface area contributed by atoms with Gasteiger partial charge in [-0.3, -0.25) is 4.79 Å². The van der Waals surface area contributed by atoms with Crippen LogP contribution in [0.3, 0.4) is 0 Å². The average Bonchev–Trinajstić information content (AvgIpc) is 3.26. The van der Waals surface area contributed by atoms with Gasteiger partial charge in [0.15, 0.2) is 0 Å². The molecule has 2 fully saturated rings. The van der Waals surface area contributed by atoms with Gasteiger partial charge in [0.05, 0.1) is 6.04 Å². The number of hydrogen-bond donors (Lipinski definition) is 2. The summed E-state index contributed by atoms with van der Waals surface area (Å²) in [6, 6.07) is 0.477. The minimum Gasteiger partial charge on any atom is -0.458 e. The highest BCUT2D eigenvalue weighted by atomic mass is 16.5. The molecule has 1 heterocycles. The summed E-state index contributed by atoms with van der Waals surface area (Å²) in [4.78, 5) is 11.7. The maximum absolute atomic E-state index is 11.7. The lowest BCUT2D eigenvalue weighted by atomic mass is 9.63. The zero-order valence-corrected chi connectivity index (χ0v) is 14.8. The lowest BCUT2D eigenvalue weighted by Crippen LogP contribution is -2.38. The second-order valence-corrected chi connectivity index (χ2v) is 8.01. The Morgan fingerprint density at radius 2 is 2.04 bits per heavy atom. The Morgan fingerprint density at radius 3 is 2.92 bits per heavy atom. The van der Waals surface area contributed by atoms with E-state index >= 15 is 0 Å². The van der Waals surface area contributed by atoms with Gasteiger partial charge in [0.25, 0.3) is 0 Å². The Hall–Kier alpha value is -1.81. The zero-order valence-electron chi connectivity index (χ0n) is 14.8. The Bertz CT molecular complexity index is 730. The monoisotopic (exact) mass is 338 g/mol. The largest absolute Gasteiger partial charge is 0.458 e. The lowest BCUT2D eigenvalue weighted by Gasteiger charge is -2.42. The van der Waals surface area contributed by atoms with Crippen LogP contribution >= 0.6 is 0 Å². The Balaban J connectivity index is 1.46. The molecule has 1 aliphatic heterocycles. The first-order valence-electron chi connectivity index (χ1n) is 9.78. The molecule has 4 nitrogen and oxygen atoms in total. The maximum Gasteiger partial charge on any atom is 0.306 e. The van der Waals surface area contributed by atoms with E-state index in [-0.39, 0.29) is 12.1 Å². The second-order valence-electron chi connectivity index (χ2n) is 8.01. The van der Waals surface area contributed by atoms with Crippen LogP contribution in [0.25, 0.3) is 0 Å². The van der Waals surface area contributed by atoms with Gasteiger partial charge in [-0.2, -0.15) is 0 Å². The normalized spacial score (nSPS) is 38.0. The number of fused-ring (bicyclic) bond motifs is 6. The third kappa shape index (κ3) is 2.42. The van der Waals surface area contributed by atoms with Gasteiger partial charge in [-0.05, 0) is 72.2 Å². The Kier molecular flexibility index (Phi) is 3.63. The van der Waals surface area contributed by atoms with E-state index < -0.39 is 0 Å². The van der Waals surface area contributed by atoms with Gasteiger partial charge in [0.1, 0.15) is 6.10 Å². The highest BCUT2D eigenvalue weighted by molar-refractivity contribution is 5.69. The third-order valence-electron chi connectivity index (χ3n) is 6.78. The molecule has 4 heteroatoms. The second kappa shape index (κ2) is 5.87. The van der Waals surface area contributed by atoms with Crippen LogP contribution in [0.5, 0.6) is 0 Å². The SMILES string of the molecule is CCC(=O)OC1CCC2C1=CC=C1C3=CC4=CNNC4CC3CCC12. The Labute approximate surface area is 149 Å². The molecule has 2 saturated carbocycles.